The van der Waals surface area contributed by atoms with E-state index in [1.807, 2.05) is 0 Å². The molecule has 2 saturated heterocycles. The molecule has 21 heavy (non-hydrogen) atoms. The Morgan fingerprint density at radius 2 is 1.81 bits per heavy atom. The number of likely N-dealkylation sites (tertiary alicyclic amines) is 1. The fraction of sp³-hybridized carbons (Fsp3) is 0.684. The van der Waals surface area contributed by atoms with Gasteiger partial charge in [0.25, 0.3) is 0 Å². The molecule has 0 amide bonds. The Bertz CT molecular complexity index is 423. The van der Waals surface area contributed by atoms with E-state index in [1.54, 1.807) is 0 Å². The third-order valence-electron chi connectivity index (χ3n) is 5.35. The fourth-order valence-corrected chi connectivity index (χ4v) is 3.89. The van der Waals surface area contributed by atoms with E-state index in [9.17, 15) is 0 Å². The number of nitrogens with one attached hydrogen (secondary N) is 1. The highest BCUT2D eigenvalue weighted by Crippen LogP contribution is 2.26. The summed E-state index contributed by atoms with van der Waals surface area (Å²) < 4.78 is 0. The molecule has 0 radical (unpaired) electrons. The number of benzene rings is 1. The molecule has 2 heteroatoms. The van der Waals surface area contributed by atoms with Crippen molar-refractivity contribution in [1.82, 2.24) is 10.2 Å². The molecule has 0 aliphatic carbocycles. The largest absolute Gasteiger partial charge is 0.314 e. The summed E-state index contributed by atoms with van der Waals surface area (Å²) in [6, 6.07) is 10.1. The van der Waals surface area contributed by atoms with Gasteiger partial charge >= 0.3 is 0 Å². The van der Waals surface area contributed by atoms with E-state index in [1.165, 1.54) is 56.4 Å². The fourth-order valence-electron chi connectivity index (χ4n) is 3.89. The summed E-state index contributed by atoms with van der Waals surface area (Å²) in [7, 11) is 0. The molecule has 116 valence electrons. The lowest BCUT2D eigenvalue weighted by molar-refractivity contribution is 0.157. The molecule has 0 bridgehead atoms. The van der Waals surface area contributed by atoms with Crippen molar-refractivity contribution in [3.63, 3.8) is 0 Å². The van der Waals surface area contributed by atoms with E-state index < -0.39 is 0 Å². The molecule has 2 aliphatic rings. The van der Waals surface area contributed by atoms with E-state index in [4.69, 9.17) is 0 Å². The quantitative estimate of drug-likeness (QED) is 0.906. The summed E-state index contributed by atoms with van der Waals surface area (Å²) in [5, 5.41) is 3.69. The first kappa shape index (κ1) is 15.1. The highest BCUT2D eigenvalue weighted by molar-refractivity contribution is 5.24. The van der Waals surface area contributed by atoms with Gasteiger partial charge in [-0.2, -0.15) is 0 Å². The Morgan fingerprint density at radius 1 is 1.10 bits per heavy atom. The first-order valence-electron chi connectivity index (χ1n) is 8.77. The van der Waals surface area contributed by atoms with Crippen molar-refractivity contribution in [1.29, 1.82) is 0 Å². The maximum atomic E-state index is 3.69. The maximum Gasteiger partial charge on any atom is 0.0233 e. The van der Waals surface area contributed by atoms with Crippen LogP contribution >= 0.6 is 0 Å². The van der Waals surface area contributed by atoms with E-state index in [-0.39, 0.29) is 0 Å². The van der Waals surface area contributed by atoms with Gasteiger partial charge in [-0.15, -0.1) is 0 Å². The molecular weight excluding hydrogens is 256 g/mol. The van der Waals surface area contributed by atoms with Crippen molar-refractivity contribution in [2.24, 2.45) is 5.92 Å². The van der Waals surface area contributed by atoms with Gasteiger partial charge in [-0.3, -0.25) is 4.90 Å². The second kappa shape index (κ2) is 6.93. The summed E-state index contributed by atoms with van der Waals surface area (Å²) in [6.07, 6.45) is 5.54. The van der Waals surface area contributed by atoms with Gasteiger partial charge in [0.15, 0.2) is 0 Å². The molecule has 3 rings (SSSR count). The zero-order valence-electron chi connectivity index (χ0n) is 13.6. The Labute approximate surface area is 129 Å². The lowest BCUT2D eigenvalue weighted by Gasteiger charge is -2.35. The number of rotatable bonds is 4. The van der Waals surface area contributed by atoms with Crippen LogP contribution in [0.5, 0.6) is 0 Å². The third-order valence-corrected chi connectivity index (χ3v) is 5.35. The van der Waals surface area contributed by atoms with Crippen molar-refractivity contribution in [3.8, 4) is 0 Å². The molecule has 1 N–H and O–H groups in total. The number of piperidine rings is 1. The van der Waals surface area contributed by atoms with E-state index in [2.05, 4.69) is 48.3 Å². The predicted molar refractivity (Wildman–Crippen MR) is 89.6 cm³/mol. The first-order valence-corrected chi connectivity index (χ1v) is 8.77. The molecule has 2 fully saturated rings. The SMILES string of the molecule is CC(C)c1ccc(CN2CCC(C3CCCN3)CC2)cc1. The normalized spacial score (nSPS) is 24.8. The van der Waals surface area contributed by atoms with Gasteiger partial charge < -0.3 is 5.32 Å². The zero-order valence-corrected chi connectivity index (χ0v) is 13.6. The van der Waals surface area contributed by atoms with Gasteiger partial charge in [-0.1, -0.05) is 38.1 Å². The Morgan fingerprint density at radius 3 is 2.38 bits per heavy atom. The first-order chi connectivity index (χ1) is 10.2. The lowest BCUT2D eigenvalue weighted by atomic mass is 9.88. The average molecular weight is 286 g/mol. The molecule has 2 aliphatic heterocycles. The standard InChI is InChI=1S/C19H30N2/c1-15(2)17-7-5-16(6-8-17)14-21-12-9-18(10-13-21)19-4-3-11-20-19/h5-8,15,18-20H,3-4,9-14H2,1-2H3. The van der Waals surface area contributed by atoms with Crippen LogP contribution in [0, 0.1) is 5.92 Å². The van der Waals surface area contributed by atoms with Gasteiger partial charge in [0.1, 0.15) is 0 Å². The smallest absolute Gasteiger partial charge is 0.0233 e. The van der Waals surface area contributed by atoms with Gasteiger partial charge in [0.05, 0.1) is 0 Å². The van der Waals surface area contributed by atoms with E-state index >= 15 is 0 Å². The number of hydrogen-bond acceptors (Lipinski definition) is 2. The maximum absolute atomic E-state index is 3.69. The summed E-state index contributed by atoms with van der Waals surface area (Å²) in [4.78, 5) is 2.63. The molecule has 1 aromatic rings. The summed E-state index contributed by atoms with van der Waals surface area (Å²) in [5.41, 5.74) is 2.92. The highest BCUT2D eigenvalue weighted by Gasteiger charge is 2.28. The average Bonchev–Trinajstić information content (AvgIpc) is 3.03. The van der Waals surface area contributed by atoms with Crippen LogP contribution in [0.3, 0.4) is 0 Å². The highest BCUT2D eigenvalue weighted by atomic mass is 15.1. The molecule has 2 nitrogen and oxygen atoms in total. The summed E-state index contributed by atoms with van der Waals surface area (Å²) in [6.45, 7) is 9.44. The monoisotopic (exact) mass is 286 g/mol. The van der Waals surface area contributed by atoms with Crippen LogP contribution in [0.15, 0.2) is 24.3 Å². The molecule has 0 aromatic heterocycles. The van der Waals surface area contributed by atoms with Crippen molar-refractivity contribution in [2.75, 3.05) is 19.6 Å². The molecule has 0 saturated carbocycles. The minimum Gasteiger partial charge on any atom is -0.314 e. The third kappa shape index (κ3) is 3.87. The molecular formula is C19H30N2. The van der Waals surface area contributed by atoms with Crippen molar-refractivity contribution in [2.45, 2.75) is 58.0 Å². The van der Waals surface area contributed by atoms with Crippen LogP contribution in [0.2, 0.25) is 0 Å². The van der Waals surface area contributed by atoms with Crippen LogP contribution in [-0.2, 0) is 6.54 Å². The van der Waals surface area contributed by atoms with Gasteiger partial charge in [0.2, 0.25) is 0 Å². The van der Waals surface area contributed by atoms with Crippen molar-refractivity contribution < 1.29 is 0 Å². The lowest BCUT2D eigenvalue weighted by Crippen LogP contribution is -2.40. The van der Waals surface area contributed by atoms with E-state index in [0.717, 1.165) is 18.5 Å². The van der Waals surface area contributed by atoms with Crippen molar-refractivity contribution in [3.05, 3.63) is 35.4 Å². The second-order valence-electron chi connectivity index (χ2n) is 7.21. The van der Waals surface area contributed by atoms with Crippen LogP contribution in [0.1, 0.15) is 56.6 Å². The Hall–Kier alpha value is -0.860. The zero-order chi connectivity index (χ0) is 14.7. The topological polar surface area (TPSA) is 15.3 Å². The minimum absolute atomic E-state index is 0.633. The van der Waals surface area contributed by atoms with Gasteiger partial charge in [-0.25, -0.2) is 0 Å². The van der Waals surface area contributed by atoms with Gasteiger partial charge in [-0.05, 0) is 68.3 Å². The van der Waals surface area contributed by atoms with E-state index in [0.29, 0.717) is 5.92 Å². The molecule has 1 atom stereocenters. The van der Waals surface area contributed by atoms with Crippen LogP contribution in [0.4, 0.5) is 0 Å². The number of nitrogens with zero attached hydrogens (tertiary/aromatic N) is 1. The summed E-state index contributed by atoms with van der Waals surface area (Å²) in [5.74, 6) is 1.56. The second-order valence-corrected chi connectivity index (χ2v) is 7.21. The van der Waals surface area contributed by atoms with Crippen LogP contribution < -0.4 is 5.32 Å². The van der Waals surface area contributed by atoms with Crippen molar-refractivity contribution >= 4 is 0 Å². The number of hydrogen-bond donors (Lipinski definition) is 1. The Kier molecular flexibility index (Phi) is 4.97. The van der Waals surface area contributed by atoms with Gasteiger partial charge in [0, 0.05) is 12.6 Å². The molecule has 0 spiro atoms. The minimum atomic E-state index is 0.633. The summed E-state index contributed by atoms with van der Waals surface area (Å²) >= 11 is 0. The predicted octanol–water partition coefficient (Wildman–Crippen LogP) is 3.77. The van der Waals surface area contributed by atoms with Crippen LogP contribution in [0.25, 0.3) is 0 Å². The molecule has 1 aromatic carbocycles. The van der Waals surface area contributed by atoms with Crippen LogP contribution in [-0.4, -0.2) is 30.6 Å². The Balaban J connectivity index is 1.48. The molecule has 2 heterocycles. The molecule has 1 unspecified atom stereocenters.